The van der Waals surface area contributed by atoms with Crippen LogP contribution in [0.5, 0.6) is 0 Å². The fourth-order valence-corrected chi connectivity index (χ4v) is 6.72. The van der Waals surface area contributed by atoms with Crippen molar-refractivity contribution in [1.82, 2.24) is 14.9 Å². The van der Waals surface area contributed by atoms with Crippen LogP contribution in [-0.2, 0) is 12.8 Å². The van der Waals surface area contributed by atoms with E-state index in [2.05, 4.69) is 25.7 Å². The van der Waals surface area contributed by atoms with Gasteiger partial charge in [0.15, 0.2) is 0 Å². The molecule has 0 aromatic carbocycles. The normalized spacial score (nSPS) is 20.2. The minimum atomic E-state index is 0.157. The number of hydrogen-bond donors (Lipinski definition) is 0. The minimum Gasteiger partial charge on any atom is -0.352 e. The van der Waals surface area contributed by atoms with Gasteiger partial charge in [-0.05, 0) is 48.6 Å². The third-order valence-corrected chi connectivity index (χ3v) is 8.81. The third-order valence-electron chi connectivity index (χ3n) is 6.80. The highest BCUT2D eigenvalue weighted by Crippen LogP contribution is 2.42. The van der Waals surface area contributed by atoms with Crippen LogP contribution in [0.25, 0.3) is 10.2 Å². The molecule has 5 nitrogen and oxygen atoms in total. The molecular weight excluding hydrogens is 424 g/mol. The summed E-state index contributed by atoms with van der Waals surface area (Å²) < 4.78 is 0. The molecule has 0 radical (unpaired) electrons. The van der Waals surface area contributed by atoms with Crippen molar-refractivity contribution in [2.24, 2.45) is 5.92 Å². The fraction of sp³-hybridized carbons (Fsp3) is 0.542. The number of rotatable bonds is 4. The van der Waals surface area contributed by atoms with E-state index in [9.17, 15) is 4.79 Å². The van der Waals surface area contributed by atoms with Crippen molar-refractivity contribution in [3.63, 3.8) is 0 Å². The molecule has 0 bridgehead atoms. The van der Waals surface area contributed by atoms with Gasteiger partial charge in [-0.2, -0.15) is 0 Å². The molecule has 7 heteroatoms. The number of carbonyl (C=O) groups excluding carboxylic acids is 1. The quantitative estimate of drug-likeness (QED) is 0.533. The van der Waals surface area contributed by atoms with E-state index in [-0.39, 0.29) is 5.91 Å². The molecule has 4 heterocycles. The molecule has 1 amide bonds. The Morgan fingerprint density at radius 3 is 2.77 bits per heavy atom. The van der Waals surface area contributed by atoms with Gasteiger partial charge in [0.1, 0.15) is 16.5 Å². The Labute approximate surface area is 192 Å². The van der Waals surface area contributed by atoms with Crippen LogP contribution < -0.4 is 4.90 Å². The summed E-state index contributed by atoms with van der Waals surface area (Å²) in [6.45, 7) is 9.91. The molecule has 5 rings (SSSR count). The highest BCUT2D eigenvalue weighted by molar-refractivity contribution is 7.19. The van der Waals surface area contributed by atoms with E-state index in [4.69, 9.17) is 9.97 Å². The van der Waals surface area contributed by atoms with E-state index in [0.717, 1.165) is 72.7 Å². The summed E-state index contributed by atoms with van der Waals surface area (Å²) in [6.07, 6.45) is 4.58. The van der Waals surface area contributed by atoms with E-state index < -0.39 is 0 Å². The zero-order valence-electron chi connectivity index (χ0n) is 18.6. The van der Waals surface area contributed by atoms with Crippen molar-refractivity contribution < 1.29 is 4.79 Å². The Morgan fingerprint density at radius 1 is 1.26 bits per heavy atom. The van der Waals surface area contributed by atoms with Gasteiger partial charge in [-0.15, -0.1) is 22.7 Å². The first kappa shape index (κ1) is 20.9. The van der Waals surface area contributed by atoms with Crippen LogP contribution in [0, 0.1) is 5.92 Å². The molecule has 0 N–H and O–H groups in total. The van der Waals surface area contributed by atoms with Crippen LogP contribution in [-0.4, -0.2) is 47.0 Å². The number of thiophene rings is 2. The number of nitrogens with zero attached hydrogens (tertiary/aromatic N) is 4. The summed E-state index contributed by atoms with van der Waals surface area (Å²) in [5.41, 5.74) is 1.49. The molecule has 1 fully saturated rings. The van der Waals surface area contributed by atoms with Crippen LogP contribution in [0.1, 0.15) is 65.5 Å². The molecule has 3 aromatic rings. The van der Waals surface area contributed by atoms with E-state index in [1.165, 1.54) is 33.6 Å². The summed E-state index contributed by atoms with van der Waals surface area (Å²) in [6, 6.07) is 3.87. The van der Waals surface area contributed by atoms with Gasteiger partial charge in [-0.25, -0.2) is 9.97 Å². The van der Waals surface area contributed by atoms with Crippen molar-refractivity contribution in [3.05, 3.63) is 38.7 Å². The lowest BCUT2D eigenvalue weighted by atomic mass is 9.89. The van der Waals surface area contributed by atoms with Crippen LogP contribution in [0.3, 0.4) is 0 Å². The van der Waals surface area contributed by atoms with E-state index in [1.807, 2.05) is 33.7 Å². The lowest BCUT2D eigenvalue weighted by molar-refractivity contribution is 0.0751. The number of anilines is 1. The molecule has 0 spiro atoms. The summed E-state index contributed by atoms with van der Waals surface area (Å²) >= 11 is 3.41. The first-order valence-corrected chi connectivity index (χ1v) is 13.1. The van der Waals surface area contributed by atoms with Gasteiger partial charge < -0.3 is 9.80 Å². The molecule has 2 aliphatic rings. The Morgan fingerprint density at radius 2 is 2.06 bits per heavy atom. The largest absolute Gasteiger partial charge is 0.352 e. The lowest BCUT2D eigenvalue weighted by Crippen LogP contribution is -2.49. The van der Waals surface area contributed by atoms with Crippen molar-refractivity contribution >= 4 is 44.6 Å². The highest BCUT2D eigenvalue weighted by atomic mass is 32.1. The van der Waals surface area contributed by atoms with Gasteiger partial charge in [0.05, 0.1) is 10.3 Å². The maximum atomic E-state index is 12.8. The van der Waals surface area contributed by atoms with Crippen molar-refractivity contribution in [2.75, 3.05) is 31.1 Å². The monoisotopic (exact) mass is 454 g/mol. The van der Waals surface area contributed by atoms with Crippen molar-refractivity contribution in [3.8, 4) is 0 Å². The van der Waals surface area contributed by atoms with Gasteiger partial charge >= 0.3 is 0 Å². The van der Waals surface area contributed by atoms with Gasteiger partial charge in [0.2, 0.25) is 0 Å². The predicted octanol–water partition coefficient (Wildman–Crippen LogP) is 5.35. The van der Waals surface area contributed by atoms with E-state index in [1.54, 1.807) is 0 Å². The minimum absolute atomic E-state index is 0.157. The molecular formula is C24H30N4OS2. The molecule has 2 atom stereocenters. The zero-order valence-corrected chi connectivity index (χ0v) is 20.2. The second kappa shape index (κ2) is 8.51. The van der Waals surface area contributed by atoms with Gasteiger partial charge in [-0.3, -0.25) is 4.79 Å². The Kier molecular flexibility index (Phi) is 5.73. The Balaban J connectivity index is 1.48. The average molecular weight is 455 g/mol. The van der Waals surface area contributed by atoms with E-state index in [0.29, 0.717) is 5.92 Å². The Hall–Kier alpha value is -1.99. The van der Waals surface area contributed by atoms with Crippen LogP contribution >= 0.6 is 22.7 Å². The molecule has 31 heavy (non-hydrogen) atoms. The molecule has 0 saturated carbocycles. The van der Waals surface area contributed by atoms with E-state index >= 15 is 0 Å². The summed E-state index contributed by atoms with van der Waals surface area (Å²) in [7, 11) is 0. The molecule has 2 unspecified atom stereocenters. The smallest absolute Gasteiger partial charge is 0.264 e. The van der Waals surface area contributed by atoms with Crippen LogP contribution in [0.2, 0.25) is 0 Å². The number of hydrogen-bond acceptors (Lipinski definition) is 6. The number of carbonyl (C=O) groups is 1. The zero-order chi connectivity index (χ0) is 21.5. The van der Waals surface area contributed by atoms with Crippen LogP contribution in [0.15, 0.2) is 17.5 Å². The van der Waals surface area contributed by atoms with Crippen LogP contribution in [0.4, 0.5) is 5.82 Å². The number of aryl methyl sites for hydroxylation is 1. The Bertz CT molecular complexity index is 1080. The molecule has 164 valence electrons. The second-order valence-electron chi connectivity index (χ2n) is 9.00. The second-order valence-corrected chi connectivity index (χ2v) is 11.0. The molecule has 1 aliphatic heterocycles. The lowest BCUT2D eigenvalue weighted by Gasteiger charge is -2.36. The average Bonchev–Trinajstić information content (AvgIpc) is 3.45. The maximum Gasteiger partial charge on any atom is 0.264 e. The fourth-order valence-electron chi connectivity index (χ4n) is 4.65. The number of amides is 1. The molecule has 3 aromatic heterocycles. The maximum absolute atomic E-state index is 12.8. The summed E-state index contributed by atoms with van der Waals surface area (Å²) in [5.74, 6) is 3.33. The number of piperazine rings is 1. The first-order valence-electron chi connectivity index (χ1n) is 11.4. The van der Waals surface area contributed by atoms with Gasteiger partial charge in [0, 0.05) is 37.0 Å². The summed E-state index contributed by atoms with van der Waals surface area (Å²) in [5, 5.41) is 3.26. The molecule has 1 aliphatic carbocycles. The van der Waals surface area contributed by atoms with Gasteiger partial charge in [0.25, 0.3) is 5.91 Å². The van der Waals surface area contributed by atoms with Crippen molar-refractivity contribution in [2.45, 2.75) is 52.4 Å². The number of aromatic nitrogens is 2. The summed E-state index contributed by atoms with van der Waals surface area (Å²) in [4.78, 5) is 30.8. The first-order chi connectivity index (χ1) is 15.0. The van der Waals surface area contributed by atoms with Crippen molar-refractivity contribution in [1.29, 1.82) is 0 Å². The topological polar surface area (TPSA) is 49.3 Å². The van der Waals surface area contributed by atoms with Gasteiger partial charge in [-0.1, -0.05) is 26.8 Å². The highest BCUT2D eigenvalue weighted by Gasteiger charge is 2.29. The molecule has 1 saturated heterocycles. The number of fused-ring (bicyclic) bond motifs is 3. The SMILES string of the molecule is CCC(C)c1nc(N2CCN(C(=O)c3cccs3)CC2)c2c3c(sc2n1)CC(C)CC3. The predicted molar refractivity (Wildman–Crippen MR) is 130 cm³/mol. The third kappa shape index (κ3) is 3.87. The standard InChI is InChI=1S/C24H30N4OS2/c1-4-16(3)21-25-22(20-17-8-7-15(2)14-19(17)31-23(20)26-21)27-9-11-28(12-10-27)24(29)18-6-5-13-30-18/h5-6,13,15-16H,4,7-12,14H2,1-3H3.